The predicted octanol–water partition coefficient (Wildman–Crippen LogP) is 4.86. The second-order valence-corrected chi connectivity index (χ2v) is 9.42. The van der Waals surface area contributed by atoms with E-state index in [0.717, 1.165) is 25.7 Å². The summed E-state index contributed by atoms with van der Waals surface area (Å²) in [4.78, 5) is 30.1. The Bertz CT molecular complexity index is 1140. The molecule has 0 saturated heterocycles. The second kappa shape index (κ2) is 11.4. The number of benzene rings is 2. The first kappa shape index (κ1) is 24.0. The summed E-state index contributed by atoms with van der Waals surface area (Å²) in [7, 11) is 1.57. The first-order valence-electron chi connectivity index (χ1n) is 11.1. The molecule has 2 N–H and O–H groups in total. The number of halogens is 1. The van der Waals surface area contributed by atoms with E-state index in [-0.39, 0.29) is 30.5 Å². The lowest BCUT2D eigenvalue weighted by Crippen LogP contribution is -2.53. The van der Waals surface area contributed by atoms with Gasteiger partial charge in [-0.05, 0) is 55.3 Å². The van der Waals surface area contributed by atoms with Crippen LogP contribution in [-0.2, 0) is 6.61 Å². The molecule has 0 spiro atoms. The highest BCUT2D eigenvalue weighted by atomic mass is 35.5. The number of amides is 2. The number of nitrogens with zero attached hydrogens (tertiary/aromatic N) is 1. The number of rotatable bonds is 8. The molecule has 2 amide bonds. The fraction of sp³-hybridized carbons (Fsp3) is 0.320. The number of carbonyl (C=O) groups is 2. The van der Waals surface area contributed by atoms with Gasteiger partial charge in [0.15, 0.2) is 0 Å². The number of hydrogen-bond donors (Lipinski definition) is 2. The lowest BCUT2D eigenvalue weighted by molar-refractivity contribution is 0.0860. The third-order valence-electron chi connectivity index (χ3n) is 5.69. The number of methoxy groups -OCH3 is 1. The molecule has 2 atom stereocenters. The van der Waals surface area contributed by atoms with Gasteiger partial charge in [-0.25, -0.2) is 4.98 Å². The van der Waals surface area contributed by atoms with Crippen molar-refractivity contribution in [2.75, 3.05) is 7.11 Å². The van der Waals surface area contributed by atoms with Gasteiger partial charge in [0.2, 0.25) is 0 Å². The third-order valence-corrected chi connectivity index (χ3v) is 6.77. The highest BCUT2D eigenvalue weighted by molar-refractivity contribution is 7.09. The molecule has 2 aromatic carbocycles. The van der Waals surface area contributed by atoms with E-state index in [9.17, 15) is 9.59 Å². The van der Waals surface area contributed by atoms with E-state index in [1.54, 1.807) is 61.0 Å². The molecule has 0 radical (unpaired) electrons. The lowest BCUT2D eigenvalue weighted by atomic mass is 9.90. The Kier molecular flexibility index (Phi) is 8.03. The molecule has 4 rings (SSSR count). The Morgan fingerprint density at radius 2 is 1.74 bits per heavy atom. The summed E-state index contributed by atoms with van der Waals surface area (Å²) >= 11 is 7.26. The smallest absolute Gasteiger partial charge is 0.271 e. The van der Waals surface area contributed by atoms with Crippen LogP contribution in [0.2, 0.25) is 5.02 Å². The van der Waals surface area contributed by atoms with Gasteiger partial charge in [0.1, 0.15) is 28.8 Å². The summed E-state index contributed by atoms with van der Waals surface area (Å²) in [6.07, 6.45) is 3.59. The normalized spacial score (nSPS) is 17.6. The maximum atomic E-state index is 12.9. The molecule has 2 unspecified atom stereocenters. The fourth-order valence-electron chi connectivity index (χ4n) is 3.89. The van der Waals surface area contributed by atoms with Crippen molar-refractivity contribution in [1.29, 1.82) is 0 Å². The molecule has 0 aliphatic heterocycles. The topological polar surface area (TPSA) is 89.6 Å². The first-order chi connectivity index (χ1) is 16.5. The van der Waals surface area contributed by atoms with E-state index >= 15 is 0 Å². The Morgan fingerprint density at radius 3 is 2.44 bits per heavy atom. The molecule has 34 heavy (non-hydrogen) atoms. The number of hydrogen-bond acceptors (Lipinski definition) is 6. The Hall–Kier alpha value is -3.10. The van der Waals surface area contributed by atoms with Crippen molar-refractivity contribution in [3.63, 3.8) is 0 Å². The van der Waals surface area contributed by atoms with Crippen LogP contribution in [0.5, 0.6) is 11.5 Å². The summed E-state index contributed by atoms with van der Waals surface area (Å²) < 4.78 is 10.9. The first-order valence-corrected chi connectivity index (χ1v) is 12.4. The predicted molar refractivity (Wildman–Crippen MR) is 132 cm³/mol. The van der Waals surface area contributed by atoms with Gasteiger partial charge in [0.05, 0.1) is 7.11 Å². The van der Waals surface area contributed by atoms with Crippen LogP contribution in [0.15, 0.2) is 53.9 Å². The average molecular weight is 500 g/mol. The second-order valence-electron chi connectivity index (χ2n) is 8.05. The molecular weight excluding hydrogens is 474 g/mol. The molecule has 1 fully saturated rings. The standard InChI is InChI=1S/C25H26ClN3O4S/c1-32-19-6-4-5-16(13-19)24(30)28-20-7-2-3-8-21(20)29-25(31)22-15-34-23(27-22)14-33-18-11-9-17(26)10-12-18/h4-6,9-13,15,20-21H,2-3,7-8,14H2,1H3,(H,28,30)(H,29,31). The van der Waals surface area contributed by atoms with Gasteiger partial charge in [-0.1, -0.05) is 30.5 Å². The molecule has 0 bridgehead atoms. The Morgan fingerprint density at radius 1 is 1.03 bits per heavy atom. The molecule has 1 saturated carbocycles. The molecule has 1 aliphatic carbocycles. The van der Waals surface area contributed by atoms with E-state index in [0.29, 0.717) is 32.8 Å². The molecule has 9 heteroatoms. The highest BCUT2D eigenvalue weighted by Gasteiger charge is 2.29. The largest absolute Gasteiger partial charge is 0.497 e. The van der Waals surface area contributed by atoms with Crippen LogP contribution in [-0.4, -0.2) is 36.0 Å². The van der Waals surface area contributed by atoms with E-state index < -0.39 is 0 Å². The van der Waals surface area contributed by atoms with Crippen molar-refractivity contribution in [2.45, 2.75) is 44.4 Å². The van der Waals surface area contributed by atoms with Crippen LogP contribution in [0, 0.1) is 0 Å². The maximum Gasteiger partial charge on any atom is 0.271 e. The molecule has 3 aromatic rings. The third kappa shape index (κ3) is 6.27. The number of thiazole rings is 1. The minimum atomic E-state index is -0.249. The highest BCUT2D eigenvalue weighted by Crippen LogP contribution is 2.22. The number of carbonyl (C=O) groups excluding carboxylic acids is 2. The summed E-state index contributed by atoms with van der Waals surface area (Å²) in [5.74, 6) is 0.879. The molecule has 7 nitrogen and oxygen atoms in total. The zero-order valence-corrected chi connectivity index (χ0v) is 20.3. The van der Waals surface area contributed by atoms with Gasteiger partial charge in [0.25, 0.3) is 11.8 Å². The van der Waals surface area contributed by atoms with Gasteiger partial charge in [0, 0.05) is 28.0 Å². The fourth-order valence-corrected chi connectivity index (χ4v) is 4.70. The van der Waals surface area contributed by atoms with Gasteiger partial charge >= 0.3 is 0 Å². The summed E-state index contributed by atoms with van der Waals surface area (Å²) in [5.41, 5.74) is 0.878. The Labute approximate surface area is 207 Å². The van der Waals surface area contributed by atoms with E-state index in [1.165, 1.54) is 11.3 Å². The molecule has 1 aliphatic rings. The van der Waals surface area contributed by atoms with Crippen molar-refractivity contribution in [2.24, 2.45) is 0 Å². The zero-order chi connectivity index (χ0) is 23.9. The van der Waals surface area contributed by atoms with E-state index in [4.69, 9.17) is 21.1 Å². The van der Waals surface area contributed by atoms with E-state index in [1.807, 2.05) is 0 Å². The Balaban J connectivity index is 1.34. The van der Waals surface area contributed by atoms with Crippen molar-refractivity contribution < 1.29 is 19.1 Å². The lowest BCUT2D eigenvalue weighted by Gasteiger charge is -2.32. The number of ether oxygens (including phenoxy) is 2. The van der Waals surface area contributed by atoms with Crippen LogP contribution in [0.4, 0.5) is 0 Å². The van der Waals surface area contributed by atoms with Crippen LogP contribution in [0.25, 0.3) is 0 Å². The quantitative estimate of drug-likeness (QED) is 0.462. The van der Waals surface area contributed by atoms with Gasteiger partial charge in [-0.15, -0.1) is 11.3 Å². The van der Waals surface area contributed by atoms with Crippen LogP contribution in [0.3, 0.4) is 0 Å². The van der Waals surface area contributed by atoms with Gasteiger partial charge in [-0.3, -0.25) is 9.59 Å². The molecule has 1 heterocycles. The van der Waals surface area contributed by atoms with Crippen LogP contribution < -0.4 is 20.1 Å². The monoisotopic (exact) mass is 499 g/mol. The van der Waals surface area contributed by atoms with Crippen molar-refractivity contribution >= 4 is 34.8 Å². The zero-order valence-electron chi connectivity index (χ0n) is 18.8. The van der Waals surface area contributed by atoms with Gasteiger partial charge in [-0.2, -0.15) is 0 Å². The van der Waals surface area contributed by atoms with Gasteiger partial charge < -0.3 is 20.1 Å². The molecular formula is C25H26ClN3O4S. The summed E-state index contributed by atoms with van der Waals surface area (Å²) in [6, 6.07) is 13.8. The van der Waals surface area contributed by atoms with Crippen molar-refractivity contribution in [1.82, 2.24) is 15.6 Å². The summed E-state index contributed by atoms with van der Waals surface area (Å²) in [6.45, 7) is 0.266. The maximum absolute atomic E-state index is 12.9. The number of nitrogens with one attached hydrogen (secondary N) is 2. The molecule has 1 aromatic heterocycles. The molecule has 178 valence electrons. The van der Waals surface area contributed by atoms with E-state index in [2.05, 4.69) is 15.6 Å². The minimum Gasteiger partial charge on any atom is -0.497 e. The van der Waals surface area contributed by atoms with Crippen LogP contribution in [0.1, 0.15) is 51.5 Å². The minimum absolute atomic E-state index is 0.150. The SMILES string of the molecule is COc1cccc(C(=O)NC2CCCCC2NC(=O)c2csc(COc3ccc(Cl)cc3)n2)c1. The average Bonchev–Trinajstić information content (AvgIpc) is 3.34. The van der Waals surface area contributed by atoms with Crippen molar-refractivity contribution in [3.8, 4) is 11.5 Å². The summed E-state index contributed by atoms with van der Waals surface area (Å²) in [5, 5.41) is 9.22. The van der Waals surface area contributed by atoms with Crippen molar-refractivity contribution in [3.05, 3.63) is 75.2 Å². The van der Waals surface area contributed by atoms with Crippen LogP contribution >= 0.6 is 22.9 Å². The number of aromatic nitrogens is 1.